The largest absolute Gasteiger partial charge is 1.00 e. The number of hydrogen-bond donors (Lipinski definition) is 4. The van der Waals surface area contributed by atoms with Gasteiger partial charge >= 0.3 is 59.1 Å². The Kier molecular flexibility index (Phi) is 16.9. The van der Waals surface area contributed by atoms with E-state index in [1.54, 1.807) is 36.4 Å². The van der Waals surface area contributed by atoms with Crippen LogP contribution < -0.4 is 85.3 Å². The molecule has 0 atom stereocenters. The topological polar surface area (TPSA) is 297 Å². The minimum absolute atomic E-state index is 0. The first-order valence-corrected chi connectivity index (χ1v) is 19.8. The number of anilines is 7. The molecular weight excluding hydrogens is 843 g/mol. The molecule has 1 aliphatic rings. The Morgan fingerprint density at radius 2 is 1.07 bits per heavy atom. The van der Waals surface area contributed by atoms with E-state index in [1.165, 1.54) is 38.1 Å². The predicted octanol–water partition coefficient (Wildman–Crippen LogP) is -0.241. The summed E-state index contributed by atoms with van der Waals surface area (Å²) >= 11 is 0. The maximum Gasteiger partial charge on any atom is 1.00 e. The monoisotopic (exact) mass is 874 g/mol. The van der Waals surface area contributed by atoms with Gasteiger partial charge in [-0.05, 0) is 72.8 Å². The fourth-order valence-corrected chi connectivity index (χ4v) is 6.27. The van der Waals surface area contributed by atoms with Crippen LogP contribution in [0.5, 0.6) is 0 Å². The molecule has 4 N–H and O–H groups in total. The Morgan fingerprint density at radius 1 is 0.633 bits per heavy atom. The van der Waals surface area contributed by atoms with Gasteiger partial charge in [-0.15, -0.1) is 10.2 Å². The summed E-state index contributed by atoms with van der Waals surface area (Å²) in [6, 6.07) is 19.5. The van der Waals surface area contributed by atoms with Crippen LogP contribution in [0.1, 0.15) is 13.8 Å². The average Bonchev–Trinajstić information content (AvgIpc) is 3.17. The number of benzene rings is 4. The van der Waals surface area contributed by atoms with Crippen LogP contribution in [0.15, 0.2) is 115 Å². The van der Waals surface area contributed by atoms with E-state index in [1.807, 2.05) is 4.90 Å². The second kappa shape index (κ2) is 21.1. The maximum atomic E-state index is 12.1. The van der Waals surface area contributed by atoms with E-state index in [0.29, 0.717) is 43.6 Å². The van der Waals surface area contributed by atoms with Gasteiger partial charge in [0.05, 0.1) is 45.8 Å². The van der Waals surface area contributed by atoms with Crippen LogP contribution in [0.4, 0.5) is 63.3 Å². The number of carbonyl (C=O) groups is 2. The molecule has 6 rings (SSSR count). The number of azo groups is 2. The molecule has 1 aromatic heterocycles. The third-order valence-corrected chi connectivity index (χ3v) is 9.47. The fraction of sp³-hybridized carbons (Fsp3) is 0.171. The van der Waals surface area contributed by atoms with Crippen molar-refractivity contribution in [1.82, 2.24) is 15.0 Å². The van der Waals surface area contributed by atoms with E-state index >= 15 is 0 Å². The van der Waals surface area contributed by atoms with Crippen molar-refractivity contribution in [3.8, 4) is 0 Å². The Balaban J connectivity index is 0.00000397. The minimum Gasteiger partial charge on any atom is -0.744 e. The molecule has 1 saturated heterocycles. The van der Waals surface area contributed by atoms with Crippen LogP contribution in [-0.4, -0.2) is 79.0 Å². The number of amides is 2. The van der Waals surface area contributed by atoms with E-state index in [2.05, 4.69) is 56.7 Å². The number of ether oxygens (including phenoxy) is 1. The number of morpholine rings is 1. The molecule has 1 fully saturated rings. The Morgan fingerprint density at radius 3 is 1.47 bits per heavy atom. The summed E-state index contributed by atoms with van der Waals surface area (Å²) in [5.74, 6) is -0.304. The molecule has 1 aliphatic heterocycles. The predicted molar refractivity (Wildman–Crippen MR) is 208 cm³/mol. The van der Waals surface area contributed by atoms with E-state index in [9.17, 15) is 35.5 Å². The molecule has 0 aliphatic carbocycles. The summed E-state index contributed by atoms with van der Waals surface area (Å²) in [6.45, 7) is 4.48. The van der Waals surface area contributed by atoms with Crippen LogP contribution in [0.2, 0.25) is 0 Å². The second-order valence-corrected chi connectivity index (χ2v) is 15.0. The summed E-state index contributed by atoms with van der Waals surface area (Å²) in [6.07, 6.45) is 0. The molecule has 5 aromatic rings. The van der Waals surface area contributed by atoms with E-state index in [0.717, 1.165) is 24.3 Å². The minimum atomic E-state index is -4.71. The first kappa shape index (κ1) is 47.9. The third kappa shape index (κ3) is 13.6. The van der Waals surface area contributed by atoms with Crippen molar-refractivity contribution < 1.29 is 99.4 Å². The fourth-order valence-electron chi connectivity index (χ4n) is 5.25. The van der Waals surface area contributed by atoms with Crippen molar-refractivity contribution in [2.75, 3.05) is 52.5 Å². The SMILES string of the molecule is CC(=O)Nc1cc(Nc2nc(Nc3ccc(N=Nc4cccc(S(=O)(=O)[O-])c4)c(NC(C)=O)c3)nc(N3CCOCC3)n2)ccc1N=Nc1cccc(S(=O)(=O)[O-])c1.[Na+].[Na+]. The number of nitrogens with zero attached hydrogens (tertiary/aromatic N) is 8. The molecule has 2 amide bonds. The van der Waals surface area contributed by atoms with E-state index in [4.69, 9.17) is 4.74 Å². The summed E-state index contributed by atoms with van der Waals surface area (Å²) in [7, 11) is -9.43. The Bertz CT molecular complexity index is 2500. The van der Waals surface area contributed by atoms with Gasteiger partial charge in [-0.2, -0.15) is 25.2 Å². The molecule has 4 aromatic carbocycles. The van der Waals surface area contributed by atoms with Gasteiger partial charge in [0, 0.05) is 38.3 Å². The standard InChI is InChI=1S/C35H34N12O9S2.2Na/c1-21(48)36-31-19-23(9-11-29(31)45-43-25-5-3-7-27(17-25)57(50,51)52)38-33-40-34(42-35(41-33)47-13-15-56-16-14-47)39-24-10-12-30(32(20-24)37-22(2)49)46-44-26-6-4-8-28(18-26)58(53,54)55;;/h3-12,17-20H,13-16H2,1-2H3,(H,36,48)(H,37,49)(H,50,51,52)(H,53,54,55)(H2,38,39,40,41,42);;/q;2*+1/p-2. The Labute approximate surface area is 388 Å². The van der Waals surface area contributed by atoms with E-state index < -0.39 is 41.8 Å². The zero-order valence-electron chi connectivity index (χ0n) is 32.5. The maximum absolute atomic E-state index is 12.1. The number of hydrogen-bond acceptors (Lipinski definition) is 19. The normalized spacial score (nSPS) is 13.0. The molecule has 0 radical (unpaired) electrons. The summed E-state index contributed by atoms with van der Waals surface area (Å²) in [5.41, 5.74) is 1.94. The average molecular weight is 875 g/mol. The van der Waals surface area contributed by atoms with Crippen LogP contribution in [0, 0.1) is 0 Å². The third-order valence-electron chi connectivity index (χ3n) is 7.80. The van der Waals surface area contributed by atoms with Gasteiger partial charge in [-0.3, -0.25) is 9.59 Å². The summed E-state index contributed by atoms with van der Waals surface area (Å²) in [4.78, 5) is 39.0. The van der Waals surface area contributed by atoms with Crippen LogP contribution in [-0.2, 0) is 34.6 Å². The van der Waals surface area contributed by atoms with Gasteiger partial charge in [0.25, 0.3) is 0 Å². The molecule has 300 valence electrons. The molecule has 2 heterocycles. The van der Waals surface area contributed by atoms with Gasteiger partial charge in [0.1, 0.15) is 31.6 Å². The summed E-state index contributed by atoms with van der Waals surface area (Å²) < 4.78 is 74.2. The summed E-state index contributed by atoms with van der Waals surface area (Å²) in [5, 5.41) is 28.0. The molecule has 0 saturated carbocycles. The number of aromatic nitrogens is 3. The zero-order valence-corrected chi connectivity index (χ0v) is 38.1. The molecule has 21 nitrogen and oxygen atoms in total. The molecule has 25 heteroatoms. The first-order chi connectivity index (χ1) is 27.6. The molecule has 60 heavy (non-hydrogen) atoms. The van der Waals surface area contributed by atoms with Gasteiger partial charge in [-0.25, -0.2) is 16.8 Å². The quantitative estimate of drug-likeness (QED) is 0.0674. The number of carbonyl (C=O) groups excluding carboxylic acids is 2. The first-order valence-electron chi connectivity index (χ1n) is 17.0. The van der Waals surface area contributed by atoms with E-state index in [-0.39, 0.29) is 105 Å². The van der Waals surface area contributed by atoms with Crippen molar-refractivity contribution in [3.63, 3.8) is 0 Å². The molecule has 0 unspecified atom stereocenters. The molecule has 0 bridgehead atoms. The van der Waals surface area contributed by atoms with Crippen molar-refractivity contribution >= 4 is 95.4 Å². The second-order valence-electron chi connectivity index (χ2n) is 12.3. The number of nitrogens with one attached hydrogen (secondary N) is 4. The number of rotatable bonds is 13. The molecule has 0 spiro atoms. The zero-order chi connectivity index (χ0) is 41.5. The van der Waals surface area contributed by atoms with Gasteiger partial charge in [-0.1, -0.05) is 12.1 Å². The van der Waals surface area contributed by atoms with Gasteiger partial charge in [0.2, 0.25) is 29.7 Å². The van der Waals surface area contributed by atoms with Gasteiger partial charge < -0.3 is 40.0 Å². The smallest absolute Gasteiger partial charge is 0.744 e. The van der Waals surface area contributed by atoms with Crippen LogP contribution in [0.3, 0.4) is 0 Å². The molecular formula is C35H32N12Na2O9S2. The van der Waals surface area contributed by atoms with Gasteiger partial charge in [0.15, 0.2) is 0 Å². The van der Waals surface area contributed by atoms with Crippen LogP contribution in [0.25, 0.3) is 0 Å². The van der Waals surface area contributed by atoms with Crippen molar-refractivity contribution in [1.29, 1.82) is 0 Å². The van der Waals surface area contributed by atoms with Crippen molar-refractivity contribution in [2.24, 2.45) is 20.5 Å². The van der Waals surface area contributed by atoms with Crippen molar-refractivity contribution in [3.05, 3.63) is 84.9 Å². The Hall–Kier alpha value is -4.79. The van der Waals surface area contributed by atoms with Crippen LogP contribution >= 0.6 is 0 Å². The van der Waals surface area contributed by atoms with Crippen molar-refractivity contribution in [2.45, 2.75) is 23.6 Å².